The number of rotatable bonds is 3. The lowest BCUT2D eigenvalue weighted by molar-refractivity contribution is -0.200. The Morgan fingerprint density at radius 1 is 1.26 bits per heavy atom. The van der Waals surface area contributed by atoms with Crippen LogP contribution >= 0.6 is 0 Å². The van der Waals surface area contributed by atoms with Gasteiger partial charge in [0.25, 0.3) is 0 Å². The third-order valence-corrected chi connectivity index (χ3v) is 9.60. The summed E-state index contributed by atoms with van der Waals surface area (Å²) in [6.45, 7) is 4.36. The van der Waals surface area contributed by atoms with Gasteiger partial charge in [-0.1, -0.05) is 12.1 Å². The minimum Gasteiger partial charge on any atom is -0.489 e. The van der Waals surface area contributed by atoms with E-state index in [4.69, 9.17) is 4.74 Å². The number of likely N-dealkylation sites (tertiary alicyclic amines) is 1. The van der Waals surface area contributed by atoms with Crippen molar-refractivity contribution in [2.24, 2.45) is 23.2 Å². The summed E-state index contributed by atoms with van der Waals surface area (Å²) >= 11 is 0. The molecule has 2 aliphatic heterocycles. The van der Waals surface area contributed by atoms with Gasteiger partial charge in [-0.15, -0.1) is 0 Å². The average Bonchev–Trinajstić information content (AvgIpc) is 3.41. The molecule has 0 aromatic heterocycles. The van der Waals surface area contributed by atoms with Crippen molar-refractivity contribution in [3.63, 3.8) is 0 Å². The first kappa shape index (κ1) is 15.6. The van der Waals surface area contributed by atoms with E-state index in [9.17, 15) is 4.79 Å². The van der Waals surface area contributed by atoms with E-state index in [2.05, 4.69) is 23.1 Å². The average molecular weight is 364 g/mol. The summed E-state index contributed by atoms with van der Waals surface area (Å²) in [7, 11) is 0. The van der Waals surface area contributed by atoms with Crippen LogP contribution in [0.25, 0.3) is 0 Å². The normalized spacial score (nSPS) is 46.1. The molecule has 2 spiro atoms. The van der Waals surface area contributed by atoms with Crippen LogP contribution < -0.4 is 4.74 Å². The van der Waals surface area contributed by atoms with Crippen molar-refractivity contribution < 1.29 is 9.53 Å². The highest BCUT2D eigenvalue weighted by Gasteiger charge is 2.76. The maximum Gasteiger partial charge on any atom is 0.133 e. The molecule has 4 bridgehead atoms. The molecule has 0 amide bonds. The van der Waals surface area contributed by atoms with Crippen molar-refractivity contribution in [3.05, 3.63) is 29.3 Å². The molecule has 1 aromatic rings. The van der Waals surface area contributed by atoms with Crippen molar-refractivity contribution in [1.82, 2.24) is 4.90 Å². The summed E-state index contributed by atoms with van der Waals surface area (Å²) < 4.78 is 6.75. The van der Waals surface area contributed by atoms with E-state index < -0.39 is 0 Å². The topological polar surface area (TPSA) is 29.5 Å². The first-order valence-corrected chi connectivity index (χ1v) is 11.2. The molecule has 1 saturated heterocycles. The molecule has 0 N–H and O–H groups in total. The Morgan fingerprint density at radius 3 is 2.96 bits per heavy atom. The van der Waals surface area contributed by atoms with Gasteiger partial charge in [0.05, 0.1) is 0 Å². The van der Waals surface area contributed by atoms with Crippen LogP contribution in [0.3, 0.4) is 0 Å². The van der Waals surface area contributed by atoms with Gasteiger partial charge in [-0.2, -0.15) is 0 Å². The molecular weight excluding hydrogens is 334 g/mol. The van der Waals surface area contributed by atoms with Gasteiger partial charge in [-0.3, -0.25) is 9.69 Å². The third kappa shape index (κ3) is 1.65. The third-order valence-electron chi connectivity index (χ3n) is 9.60. The lowest BCUT2D eigenvalue weighted by atomic mass is 9.36. The number of benzene rings is 1. The molecule has 5 aliphatic carbocycles. The molecule has 3 nitrogen and oxygen atoms in total. The SMILES string of the molecule is CC(=O)C1CC23CCC1[C@@H]1Oc4cccc5c4[C@@]12CCN(CC1CC1)[C@@H]3C5. The van der Waals surface area contributed by atoms with E-state index in [1.54, 1.807) is 11.1 Å². The molecule has 1 aromatic carbocycles. The van der Waals surface area contributed by atoms with Crippen LogP contribution in [0.1, 0.15) is 56.6 Å². The van der Waals surface area contributed by atoms with E-state index in [0.29, 0.717) is 17.7 Å². The van der Waals surface area contributed by atoms with E-state index in [1.165, 1.54) is 51.6 Å². The van der Waals surface area contributed by atoms with Crippen LogP contribution in [-0.4, -0.2) is 35.9 Å². The van der Waals surface area contributed by atoms with E-state index in [1.807, 2.05) is 6.92 Å². The second kappa shape index (κ2) is 4.79. The summed E-state index contributed by atoms with van der Waals surface area (Å²) in [6.07, 6.45) is 9.12. The van der Waals surface area contributed by atoms with Gasteiger partial charge in [-0.25, -0.2) is 0 Å². The minimum atomic E-state index is 0.191. The van der Waals surface area contributed by atoms with E-state index in [0.717, 1.165) is 18.1 Å². The Labute approximate surface area is 161 Å². The zero-order valence-electron chi connectivity index (χ0n) is 16.2. The highest BCUT2D eigenvalue weighted by Crippen LogP contribution is 2.74. The first-order valence-electron chi connectivity index (χ1n) is 11.2. The zero-order valence-corrected chi connectivity index (χ0v) is 16.2. The van der Waals surface area contributed by atoms with E-state index in [-0.39, 0.29) is 22.9 Å². The number of Topliss-reactive ketones (excluding diaryl/α,β-unsaturated/α-hetero) is 1. The number of piperidine rings is 1. The van der Waals surface area contributed by atoms with Crippen LogP contribution in [0.15, 0.2) is 18.2 Å². The lowest BCUT2D eigenvalue weighted by Crippen LogP contribution is -2.76. The molecular formula is C24H29NO2. The van der Waals surface area contributed by atoms with Gasteiger partial charge >= 0.3 is 0 Å². The summed E-state index contributed by atoms with van der Waals surface area (Å²) in [5.74, 6) is 3.15. The Kier molecular flexibility index (Phi) is 2.76. The Bertz CT molecular complexity index is 860. The predicted molar refractivity (Wildman–Crippen MR) is 103 cm³/mol. The first-order chi connectivity index (χ1) is 13.1. The molecule has 8 rings (SSSR count). The monoisotopic (exact) mass is 363 g/mol. The van der Waals surface area contributed by atoms with Gasteiger partial charge in [-0.05, 0) is 76.0 Å². The smallest absolute Gasteiger partial charge is 0.133 e. The van der Waals surface area contributed by atoms with Crippen molar-refractivity contribution in [1.29, 1.82) is 0 Å². The zero-order chi connectivity index (χ0) is 18.0. The lowest BCUT2D eigenvalue weighted by Gasteiger charge is -2.71. The second-order valence-electron chi connectivity index (χ2n) is 10.5. The number of hydrogen-bond acceptors (Lipinski definition) is 3. The molecule has 3 heteroatoms. The molecule has 0 radical (unpaired) electrons. The fourth-order valence-corrected chi connectivity index (χ4v) is 8.52. The highest BCUT2D eigenvalue weighted by molar-refractivity contribution is 5.80. The van der Waals surface area contributed by atoms with Crippen molar-refractivity contribution in [3.8, 4) is 5.75 Å². The number of carbonyl (C=O) groups is 1. The van der Waals surface area contributed by atoms with Gasteiger partial charge in [0.15, 0.2) is 0 Å². The van der Waals surface area contributed by atoms with Crippen LogP contribution in [0.4, 0.5) is 0 Å². The Balaban J connectivity index is 1.46. The summed E-state index contributed by atoms with van der Waals surface area (Å²) in [5, 5.41) is 0. The molecule has 6 atom stereocenters. The molecule has 3 unspecified atom stereocenters. The van der Waals surface area contributed by atoms with Gasteiger partial charge in [0.1, 0.15) is 17.6 Å². The van der Waals surface area contributed by atoms with Crippen molar-refractivity contribution in [2.45, 2.75) is 69.4 Å². The quantitative estimate of drug-likeness (QED) is 0.819. The van der Waals surface area contributed by atoms with Crippen molar-refractivity contribution in [2.75, 3.05) is 13.1 Å². The number of carbonyl (C=O) groups excluding carboxylic acids is 1. The van der Waals surface area contributed by atoms with Gasteiger partial charge in [0.2, 0.25) is 0 Å². The highest BCUT2D eigenvalue weighted by atomic mass is 16.5. The Hall–Kier alpha value is -1.35. The van der Waals surface area contributed by atoms with Gasteiger partial charge < -0.3 is 4.74 Å². The number of ketones is 1. The minimum absolute atomic E-state index is 0.191. The van der Waals surface area contributed by atoms with Crippen molar-refractivity contribution >= 4 is 5.78 Å². The predicted octanol–water partition coefficient (Wildman–Crippen LogP) is 3.73. The van der Waals surface area contributed by atoms with E-state index >= 15 is 0 Å². The van der Waals surface area contributed by atoms with Crippen LogP contribution in [0.5, 0.6) is 5.75 Å². The summed E-state index contributed by atoms with van der Waals surface area (Å²) in [6, 6.07) is 7.39. The largest absolute Gasteiger partial charge is 0.489 e. The number of fused-ring (bicyclic) bond motifs is 2. The number of ether oxygens (including phenoxy) is 1. The summed E-state index contributed by atoms with van der Waals surface area (Å²) in [5.41, 5.74) is 3.58. The van der Waals surface area contributed by atoms with Crippen LogP contribution in [0, 0.1) is 23.2 Å². The molecule has 27 heavy (non-hydrogen) atoms. The second-order valence-corrected chi connectivity index (χ2v) is 10.5. The Morgan fingerprint density at radius 2 is 2.15 bits per heavy atom. The van der Waals surface area contributed by atoms with Crippen LogP contribution in [0.2, 0.25) is 0 Å². The number of hydrogen-bond donors (Lipinski definition) is 0. The molecule has 7 aliphatic rings. The molecule has 4 saturated carbocycles. The fraction of sp³-hybridized carbons (Fsp3) is 0.708. The summed E-state index contributed by atoms with van der Waals surface area (Å²) in [4.78, 5) is 15.5. The van der Waals surface area contributed by atoms with Crippen LogP contribution in [-0.2, 0) is 16.6 Å². The molecule has 5 fully saturated rings. The maximum absolute atomic E-state index is 12.6. The van der Waals surface area contributed by atoms with Gasteiger partial charge in [0, 0.05) is 40.8 Å². The fourth-order valence-electron chi connectivity index (χ4n) is 8.52. The maximum atomic E-state index is 12.6. The standard InChI is InChI=1S/C24H29NO2/c1-14(26)18-12-23-8-7-17(18)22-24(23)9-10-25(13-15-5-6-15)20(23)11-16-3-2-4-19(27-22)21(16)24/h2-4,15,17-18,20,22H,5-13H2,1H3/t17?,18?,20-,22+,23?,24+/m1/s1. The molecule has 2 heterocycles. The number of nitrogens with zero attached hydrogens (tertiary/aromatic N) is 1. The molecule has 142 valence electrons.